The Bertz CT molecular complexity index is 935. The quantitative estimate of drug-likeness (QED) is 0.568. The molecule has 2 atom stereocenters. The van der Waals surface area contributed by atoms with Crippen LogP contribution in [0.25, 0.3) is 0 Å². The van der Waals surface area contributed by atoms with Gasteiger partial charge < -0.3 is 25.2 Å². The number of nitrogens with zero attached hydrogens (tertiary/aromatic N) is 4. The molecule has 2 N–H and O–H groups in total. The molecular weight excluding hydrogens is 444 g/mol. The molecule has 2 aromatic rings. The lowest BCUT2D eigenvalue weighted by Crippen LogP contribution is -2.39. The molecule has 3 heterocycles. The Morgan fingerprint density at radius 1 is 0.971 bits per heavy atom. The number of piperidine rings is 1. The average molecular weight is 483 g/mol. The van der Waals surface area contributed by atoms with Crippen LogP contribution in [-0.2, 0) is 6.54 Å². The van der Waals surface area contributed by atoms with Gasteiger partial charge >= 0.3 is 0 Å². The van der Waals surface area contributed by atoms with E-state index in [0.717, 1.165) is 49.1 Å². The number of nitrogens with one attached hydrogen (secondary N) is 2. The summed E-state index contributed by atoms with van der Waals surface area (Å²) in [4.78, 5) is 14.6. The Hall–Kier alpha value is -2.61. The molecule has 1 aromatic heterocycles. The van der Waals surface area contributed by atoms with Crippen molar-refractivity contribution in [2.45, 2.75) is 52.5 Å². The zero-order valence-corrected chi connectivity index (χ0v) is 21.5. The van der Waals surface area contributed by atoms with Crippen molar-refractivity contribution in [2.75, 3.05) is 48.4 Å². The summed E-state index contributed by atoms with van der Waals surface area (Å²) in [5.74, 6) is 4.71. The molecule has 4 rings (SSSR count). The van der Waals surface area contributed by atoms with E-state index >= 15 is 0 Å². The first-order chi connectivity index (χ1) is 16.5. The van der Waals surface area contributed by atoms with E-state index in [2.05, 4.69) is 40.3 Å². The van der Waals surface area contributed by atoms with E-state index < -0.39 is 0 Å². The van der Waals surface area contributed by atoms with Crippen LogP contribution in [0.4, 0.5) is 17.6 Å². The van der Waals surface area contributed by atoms with Gasteiger partial charge in [0.25, 0.3) is 0 Å². The maximum atomic E-state index is 5.59. The topological polar surface area (TPSA) is 65.6 Å². The Labute approximate surface area is 209 Å². The van der Waals surface area contributed by atoms with Gasteiger partial charge in [-0.05, 0) is 61.0 Å². The van der Waals surface area contributed by atoms with Crippen LogP contribution in [-0.4, -0.2) is 48.4 Å². The van der Waals surface area contributed by atoms with Crippen molar-refractivity contribution >= 4 is 34.9 Å². The van der Waals surface area contributed by atoms with Crippen molar-refractivity contribution in [1.29, 1.82) is 0 Å². The van der Waals surface area contributed by atoms with E-state index in [1.54, 1.807) is 7.11 Å². The molecule has 7 nitrogen and oxygen atoms in total. The van der Waals surface area contributed by atoms with Crippen LogP contribution in [0.5, 0.6) is 5.75 Å². The number of aromatic nitrogens is 2. The number of hydrogen-bond donors (Lipinski definition) is 2. The van der Waals surface area contributed by atoms with E-state index in [9.17, 15) is 0 Å². The second-order valence-electron chi connectivity index (χ2n) is 9.82. The minimum atomic E-state index is 0.523. The number of anilines is 3. The summed E-state index contributed by atoms with van der Waals surface area (Å²) in [6.45, 7) is 9.43. The van der Waals surface area contributed by atoms with E-state index in [0.29, 0.717) is 29.4 Å². The molecule has 0 amide bonds. The maximum absolute atomic E-state index is 5.59. The predicted octanol–water partition coefficient (Wildman–Crippen LogP) is 4.83. The predicted molar refractivity (Wildman–Crippen MR) is 144 cm³/mol. The molecular formula is C26H38N6OS. The van der Waals surface area contributed by atoms with Gasteiger partial charge in [-0.1, -0.05) is 38.8 Å². The minimum Gasteiger partial charge on any atom is -0.497 e. The Morgan fingerprint density at radius 3 is 2.21 bits per heavy atom. The highest BCUT2D eigenvalue weighted by atomic mass is 32.1. The SMILES string of the molecule is COc1ccc(CNC(=S)Nc2nc(N3CCCCCC3)cc(N3C[C@H](C)C[C@H](C)C3)n2)cc1. The summed E-state index contributed by atoms with van der Waals surface area (Å²) in [5, 5.41) is 7.05. The second kappa shape index (κ2) is 11.7. The third-order valence-electron chi connectivity index (χ3n) is 6.66. The summed E-state index contributed by atoms with van der Waals surface area (Å²) in [6.07, 6.45) is 6.27. The molecule has 2 fully saturated rings. The Kier molecular flexibility index (Phi) is 8.43. The molecule has 2 aliphatic rings. The van der Waals surface area contributed by atoms with E-state index in [4.69, 9.17) is 26.9 Å². The molecule has 0 unspecified atom stereocenters. The molecule has 2 aliphatic heterocycles. The molecule has 0 saturated carbocycles. The lowest BCUT2D eigenvalue weighted by Gasteiger charge is -2.36. The van der Waals surface area contributed by atoms with E-state index in [1.165, 1.54) is 32.1 Å². The molecule has 0 spiro atoms. The highest BCUT2D eigenvalue weighted by molar-refractivity contribution is 7.80. The number of thiocarbonyl (C=S) groups is 1. The zero-order valence-electron chi connectivity index (χ0n) is 20.7. The van der Waals surface area contributed by atoms with E-state index in [-0.39, 0.29) is 0 Å². The van der Waals surface area contributed by atoms with Gasteiger partial charge in [0.05, 0.1) is 7.11 Å². The molecule has 1 aromatic carbocycles. The van der Waals surface area contributed by atoms with Crippen molar-refractivity contribution in [3.63, 3.8) is 0 Å². The molecule has 8 heteroatoms. The maximum Gasteiger partial charge on any atom is 0.232 e. The molecule has 184 valence electrons. The fourth-order valence-corrected chi connectivity index (χ4v) is 5.19. The van der Waals surface area contributed by atoms with Gasteiger partial charge in [-0.3, -0.25) is 0 Å². The first-order valence-corrected chi connectivity index (χ1v) is 13.0. The monoisotopic (exact) mass is 482 g/mol. The van der Waals surface area contributed by atoms with Gasteiger partial charge in [0, 0.05) is 38.8 Å². The molecule has 34 heavy (non-hydrogen) atoms. The summed E-state index contributed by atoms with van der Waals surface area (Å²) in [6, 6.07) is 10.1. The fourth-order valence-electron chi connectivity index (χ4n) is 5.02. The van der Waals surface area contributed by atoms with Crippen molar-refractivity contribution in [2.24, 2.45) is 11.8 Å². The minimum absolute atomic E-state index is 0.523. The van der Waals surface area contributed by atoms with Gasteiger partial charge in [-0.25, -0.2) is 0 Å². The van der Waals surface area contributed by atoms with Crippen molar-refractivity contribution < 1.29 is 4.74 Å². The largest absolute Gasteiger partial charge is 0.497 e. The number of ether oxygens (including phenoxy) is 1. The van der Waals surface area contributed by atoms with Crippen molar-refractivity contribution in [1.82, 2.24) is 15.3 Å². The lowest BCUT2D eigenvalue weighted by atomic mass is 9.92. The smallest absolute Gasteiger partial charge is 0.232 e. The standard InChI is InChI=1S/C26H38N6OS/c1-19-14-20(2)18-32(17-19)24-15-23(31-12-6-4-5-7-13-31)28-25(29-24)30-26(34)27-16-21-8-10-22(33-3)11-9-21/h8-11,15,19-20H,4-7,12-14,16-18H2,1-3H3,(H2,27,28,29,30,34)/t19-,20+. The van der Waals surface area contributed by atoms with Gasteiger partial charge in [-0.2, -0.15) is 9.97 Å². The van der Waals surface area contributed by atoms with Crippen molar-refractivity contribution in [3.8, 4) is 5.75 Å². The third-order valence-corrected chi connectivity index (χ3v) is 6.91. The molecule has 0 aliphatic carbocycles. The Balaban J connectivity index is 1.49. The van der Waals surface area contributed by atoms with Crippen LogP contribution >= 0.6 is 12.2 Å². The first-order valence-electron chi connectivity index (χ1n) is 12.6. The summed E-state index contributed by atoms with van der Waals surface area (Å²) in [7, 11) is 1.67. The molecule has 2 saturated heterocycles. The van der Waals surface area contributed by atoms with Gasteiger partial charge in [0.1, 0.15) is 17.4 Å². The van der Waals surface area contributed by atoms with Crippen LogP contribution < -0.4 is 25.2 Å². The number of benzene rings is 1. The number of methoxy groups -OCH3 is 1. The normalized spacial score (nSPS) is 21.0. The summed E-state index contributed by atoms with van der Waals surface area (Å²) < 4.78 is 5.23. The second-order valence-corrected chi connectivity index (χ2v) is 10.2. The van der Waals surface area contributed by atoms with Gasteiger partial charge in [-0.15, -0.1) is 0 Å². The lowest BCUT2D eigenvalue weighted by molar-refractivity contribution is 0.355. The van der Waals surface area contributed by atoms with Crippen LogP contribution in [0.3, 0.4) is 0 Å². The number of hydrogen-bond acceptors (Lipinski definition) is 6. The zero-order chi connectivity index (χ0) is 23.9. The van der Waals surface area contributed by atoms with Crippen LogP contribution in [0, 0.1) is 11.8 Å². The number of rotatable bonds is 6. The fraction of sp³-hybridized carbons (Fsp3) is 0.577. The van der Waals surface area contributed by atoms with Crippen LogP contribution in [0.2, 0.25) is 0 Å². The van der Waals surface area contributed by atoms with Gasteiger partial charge in [0.15, 0.2) is 5.11 Å². The average Bonchev–Trinajstić information content (AvgIpc) is 3.12. The highest BCUT2D eigenvalue weighted by Crippen LogP contribution is 2.29. The highest BCUT2D eigenvalue weighted by Gasteiger charge is 2.24. The molecule has 0 radical (unpaired) electrons. The summed E-state index contributed by atoms with van der Waals surface area (Å²) >= 11 is 5.59. The molecule has 0 bridgehead atoms. The third kappa shape index (κ3) is 6.72. The van der Waals surface area contributed by atoms with Crippen LogP contribution in [0.15, 0.2) is 30.3 Å². The summed E-state index contributed by atoms with van der Waals surface area (Å²) in [5.41, 5.74) is 1.13. The van der Waals surface area contributed by atoms with E-state index in [1.807, 2.05) is 24.3 Å². The Morgan fingerprint density at radius 2 is 1.59 bits per heavy atom. The first kappa shape index (κ1) is 24.5. The van der Waals surface area contributed by atoms with Crippen molar-refractivity contribution in [3.05, 3.63) is 35.9 Å². The van der Waals surface area contributed by atoms with Crippen LogP contribution in [0.1, 0.15) is 51.5 Å². The van der Waals surface area contributed by atoms with Gasteiger partial charge in [0.2, 0.25) is 5.95 Å².